The molecule has 1 aromatic carbocycles. The Labute approximate surface area is 127 Å². The molecule has 22 heavy (non-hydrogen) atoms. The van der Waals surface area contributed by atoms with Crippen molar-refractivity contribution >= 4 is 22.4 Å². The second-order valence-corrected chi connectivity index (χ2v) is 6.11. The Morgan fingerprint density at radius 2 is 1.95 bits per heavy atom. The van der Waals surface area contributed by atoms with Crippen LogP contribution in [-0.2, 0) is 14.9 Å². The number of likely N-dealkylation sites (N-methyl/N-ethyl adjacent to an activating group) is 1. The number of hydrogen-bond donors (Lipinski definition) is 1. The van der Waals surface area contributed by atoms with Gasteiger partial charge in [-0.05, 0) is 37.5 Å². The molecule has 2 aromatic rings. The number of ether oxygens (including phenoxy) is 1. The first-order valence-corrected chi connectivity index (χ1v) is 7.44. The Balaban J connectivity index is 2.06. The third kappa shape index (κ3) is 1.56. The molecule has 1 fully saturated rings. The molecular weight excluding hydrogens is 282 g/mol. The van der Waals surface area contributed by atoms with Crippen molar-refractivity contribution in [3.8, 4) is 0 Å². The summed E-state index contributed by atoms with van der Waals surface area (Å²) in [4.78, 5) is 26.7. The molecular formula is C16H17N3O3. The predicted molar refractivity (Wildman–Crippen MR) is 82.2 cm³/mol. The minimum atomic E-state index is -0.542. The standard InChI is InChI=1S/C16H17N3O3/c1-9-10-8-13-12(7-11(10)14(20)18-17-9)16(15(21)19(13)2)3-5-22-6-4-16/h7-8H,3-6H2,1-2H3,(H,18,20). The van der Waals surface area contributed by atoms with Gasteiger partial charge in [-0.1, -0.05) is 0 Å². The first-order chi connectivity index (χ1) is 10.5. The van der Waals surface area contributed by atoms with Gasteiger partial charge >= 0.3 is 0 Å². The third-order valence-electron chi connectivity index (χ3n) is 5.03. The fraction of sp³-hybridized carbons (Fsp3) is 0.438. The van der Waals surface area contributed by atoms with Crippen molar-refractivity contribution in [1.29, 1.82) is 0 Å². The number of rotatable bonds is 0. The highest BCUT2D eigenvalue weighted by Gasteiger charge is 2.50. The van der Waals surface area contributed by atoms with Gasteiger partial charge in [0.15, 0.2) is 0 Å². The summed E-state index contributed by atoms with van der Waals surface area (Å²) >= 11 is 0. The smallest absolute Gasteiger partial charge is 0.272 e. The van der Waals surface area contributed by atoms with Gasteiger partial charge in [0.25, 0.3) is 5.56 Å². The van der Waals surface area contributed by atoms with E-state index in [1.807, 2.05) is 19.1 Å². The van der Waals surface area contributed by atoms with Crippen molar-refractivity contribution in [2.75, 3.05) is 25.2 Å². The van der Waals surface area contributed by atoms with Crippen LogP contribution in [0.25, 0.3) is 10.8 Å². The maximum absolute atomic E-state index is 12.9. The number of benzene rings is 1. The van der Waals surface area contributed by atoms with Crippen LogP contribution in [0.1, 0.15) is 24.1 Å². The van der Waals surface area contributed by atoms with Crippen LogP contribution in [0.4, 0.5) is 5.69 Å². The monoisotopic (exact) mass is 299 g/mol. The summed E-state index contributed by atoms with van der Waals surface area (Å²) in [5.74, 6) is 0.100. The number of nitrogens with one attached hydrogen (secondary N) is 1. The lowest BCUT2D eigenvalue weighted by molar-refractivity contribution is -0.126. The van der Waals surface area contributed by atoms with Crippen LogP contribution in [0.3, 0.4) is 0 Å². The van der Waals surface area contributed by atoms with E-state index in [9.17, 15) is 9.59 Å². The zero-order valence-electron chi connectivity index (χ0n) is 12.6. The van der Waals surface area contributed by atoms with E-state index >= 15 is 0 Å². The molecule has 114 valence electrons. The summed E-state index contributed by atoms with van der Waals surface area (Å²) in [5.41, 5.74) is 1.83. The van der Waals surface area contributed by atoms with Crippen LogP contribution in [0, 0.1) is 6.92 Å². The Morgan fingerprint density at radius 3 is 2.68 bits per heavy atom. The molecule has 6 heteroatoms. The molecule has 4 rings (SSSR count). The molecule has 1 aromatic heterocycles. The van der Waals surface area contributed by atoms with Crippen molar-refractivity contribution in [3.05, 3.63) is 33.7 Å². The minimum absolute atomic E-state index is 0.100. The number of aromatic amines is 1. The molecule has 1 amide bonds. The van der Waals surface area contributed by atoms with Crippen LogP contribution in [0.2, 0.25) is 0 Å². The van der Waals surface area contributed by atoms with E-state index in [-0.39, 0.29) is 11.5 Å². The lowest BCUT2D eigenvalue weighted by Gasteiger charge is -2.32. The van der Waals surface area contributed by atoms with E-state index in [1.54, 1.807) is 11.9 Å². The van der Waals surface area contributed by atoms with Gasteiger partial charge in [-0.2, -0.15) is 5.10 Å². The number of aromatic nitrogens is 2. The van der Waals surface area contributed by atoms with Crippen molar-refractivity contribution in [1.82, 2.24) is 10.2 Å². The van der Waals surface area contributed by atoms with Gasteiger partial charge in [-0.15, -0.1) is 0 Å². The second kappa shape index (κ2) is 4.39. The van der Waals surface area contributed by atoms with Crippen LogP contribution >= 0.6 is 0 Å². The normalized spacial score (nSPS) is 19.9. The van der Waals surface area contributed by atoms with Crippen LogP contribution in [-0.4, -0.2) is 36.4 Å². The van der Waals surface area contributed by atoms with Gasteiger partial charge < -0.3 is 9.64 Å². The summed E-state index contributed by atoms with van der Waals surface area (Å²) < 4.78 is 5.44. The highest BCUT2D eigenvalue weighted by Crippen LogP contribution is 2.48. The molecule has 6 nitrogen and oxygen atoms in total. The lowest BCUT2D eigenvalue weighted by atomic mass is 9.75. The van der Waals surface area contributed by atoms with Crippen LogP contribution in [0.5, 0.6) is 0 Å². The van der Waals surface area contributed by atoms with Crippen molar-refractivity contribution in [3.63, 3.8) is 0 Å². The molecule has 0 radical (unpaired) electrons. The Kier molecular flexibility index (Phi) is 2.69. The number of amides is 1. The number of nitrogens with zero attached hydrogens (tertiary/aromatic N) is 2. The Hall–Kier alpha value is -2.21. The third-order valence-corrected chi connectivity index (χ3v) is 5.03. The van der Waals surface area contributed by atoms with Gasteiger partial charge in [0.05, 0.1) is 16.5 Å². The quantitative estimate of drug-likeness (QED) is 0.794. The van der Waals surface area contributed by atoms with E-state index in [4.69, 9.17) is 4.74 Å². The van der Waals surface area contributed by atoms with E-state index in [2.05, 4.69) is 10.2 Å². The molecule has 0 bridgehead atoms. The fourth-order valence-corrected chi connectivity index (χ4v) is 3.74. The second-order valence-electron chi connectivity index (χ2n) is 6.11. The Bertz CT molecular complexity index is 850. The molecule has 2 aliphatic rings. The summed E-state index contributed by atoms with van der Waals surface area (Å²) in [6, 6.07) is 3.80. The van der Waals surface area contributed by atoms with Gasteiger partial charge in [0, 0.05) is 31.3 Å². The molecule has 1 N–H and O–H groups in total. The predicted octanol–water partition coefficient (Wildman–Crippen LogP) is 1.26. The summed E-state index contributed by atoms with van der Waals surface area (Å²) in [5, 5.41) is 7.93. The van der Waals surface area contributed by atoms with Crippen molar-refractivity contribution in [2.24, 2.45) is 0 Å². The highest BCUT2D eigenvalue weighted by molar-refractivity contribution is 6.10. The number of anilines is 1. The van der Waals surface area contributed by atoms with Crippen molar-refractivity contribution < 1.29 is 9.53 Å². The molecule has 3 heterocycles. The largest absolute Gasteiger partial charge is 0.381 e. The number of H-pyrrole nitrogens is 1. The molecule has 0 aliphatic carbocycles. The van der Waals surface area contributed by atoms with Gasteiger partial charge in [0.1, 0.15) is 0 Å². The van der Waals surface area contributed by atoms with Gasteiger partial charge in [-0.3, -0.25) is 9.59 Å². The number of hydrogen-bond acceptors (Lipinski definition) is 4. The van der Waals surface area contributed by atoms with E-state index in [1.165, 1.54) is 0 Å². The maximum Gasteiger partial charge on any atom is 0.272 e. The lowest BCUT2D eigenvalue weighted by Crippen LogP contribution is -2.42. The van der Waals surface area contributed by atoms with Gasteiger partial charge in [-0.25, -0.2) is 5.10 Å². The maximum atomic E-state index is 12.9. The molecule has 0 unspecified atom stereocenters. The molecule has 0 atom stereocenters. The Morgan fingerprint density at radius 1 is 1.23 bits per heavy atom. The fourth-order valence-electron chi connectivity index (χ4n) is 3.74. The molecule has 1 spiro atoms. The van der Waals surface area contributed by atoms with Gasteiger partial charge in [0.2, 0.25) is 5.91 Å². The van der Waals surface area contributed by atoms with Crippen molar-refractivity contribution in [2.45, 2.75) is 25.2 Å². The van der Waals surface area contributed by atoms with Crippen LogP contribution in [0.15, 0.2) is 16.9 Å². The SMILES string of the molecule is Cc1n[nH]c(=O)c2cc3c(cc12)N(C)C(=O)C31CCOCC1. The summed E-state index contributed by atoms with van der Waals surface area (Å²) in [6.45, 7) is 3.00. The summed E-state index contributed by atoms with van der Waals surface area (Å²) in [6.07, 6.45) is 1.33. The minimum Gasteiger partial charge on any atom is -0.381 e. The highest BCUT2D eigenvalue weighted by atomic mass is 16.5. The van der Waals surface area contributed by atoms with E-state index in [0.29, 0.717) is 31.4 Å². The summed E-state index contributed by atoms with van der Waals surface area (Å²) in [7, 11) is 1.80. The average molecular weight is 299 g/mol. The van der Waals surface area contributed by atoms with E-state index in [0.717, 1.165) is 22.3 Å². The average Bonchev–Trinajstić information content (AvgIpc) is 2.73. The number of fused-ring (bicyclic) bond motifs is 3. The van der Waals surface area contributed by atoms with Crippen LogP contribution < -0.4 is 10.5 Å². The number of carbonyl (C=O) groups excluding carboxylic acids is 1. The number of carbonyl (C=O) groups is 1. The number of aryl methyl sites for hydroxylation is 1. The first kappa shape index (κ1) is 13.5. The van der Waals surface area contributed by atoms with E-state index < -0.39 is 5.41 Å². The molecule has 2 aliphatic heterocycles. The first-order valence-electron chi connectivity index (χ1n) is 7.44. The topological polar surface area (TPSA) is 75.3 Å². The zero-order valence-corrected chi connectivity index (χ0v) is 12.6. The molecule has 0 saturated carbocycles. The zero-order chi connectivity index (χ0) is 15.5. The molecule has 1 saturated heterocycles.